The van der Waals surface area contributed by atoms with Crippen LogP contribution in [0.2, 0.25) is 0 Å². The summed E-state index contributed by atoms with van der Waals surface area (Å²) in [6.45, 7) is 6.82. The molecule has 1 aliphatic rings. The molecule has 3 rings (SSSR count). The van der Waals surface area contributed by atoms with Crippen LogP contribution in [-0.4, -0.2) is 42.5 Å². The summed E-state index contributed by atoms with van der Waals surface area (Å²) in [5, 5.41) is 0. The number of nitrogens with zero attached hydrogens (tertiary/aromatic N) is 2. The first kappa shape index (κ1) is 17.1. The van der Waals surface area contributed by atoms with E-state index in [9.17, 15) is 4.39 Å². The van der Waals surface area contributed by atoms with Crippen LogP contribution in [-0.2, 0) is 13.1 Å². The first-order valence-electron chi connectivity index (χ1n) is 8.57. The van der Waals surface area contributed by atoms with Gasteiger partial charge in [0.2, 0.25) is 0 Å². The smallest absolute Gasteiger partial charge is 0.131 e. The standard InChI is InChI=1S/C20H26FN3/c1-15-13-24(9-8-23(15)2)14-17-4-3-5-18(10-17)19-11-16(12-22)6-7-20(19)21/h3-7,10-11,15H,8-9,12-14,22H2,1-2H3. The van der Waals surface area contributed by atoms with Crippen molar-refractivity contribution < 1.29 is 4.39 Å². The van der Waals surface area contributed by atoms with Gasteiger partial charge in [0, 0.05) is 44.3 Å². The van der Waals surface area contributed by atoms with Gasteiger partial charge in [-0.3, -0.25) is 4.90 Å². The van der Waals surface area contributed by atoms with Gasteiger partial charge in [0.25, 0.3) is 0 Å². The molecule has 1 unspecified atom stereocenters. The summed E-state index contributed by atoms with van der Waals surface area (Å²) in [5.41, 5.74) is 9.41. The van der Waals surface area contributed by atoms with Crippen molar-refractivity contribution in [1.82, 2.24) is 9.80 Å². The summed E-state index contributed by atoms with van der Waals surface area (Å²) in [7, 11) is 2.18. The third-order valence-corrected chi connectivity index (χ3v) is 4.95. The molecule has 0 aromatic heterocycles. The van der Waals surface area contributed by atoms with Crippen LogP contribution in [0.5, 0.6) is 0 Å². The molecule has 0 radical (unpaired) electrons. The topological polar surface area (TPSA) is 32.5 Å². The fourth-order valence-corrected chi connectivity index (χ4v) is 3.28. The molecule has 3 nitrogen and oxygen atoms in total. The van der Waals surface area contributed by atoms with Gasteiger partial charge in [0.15, 0.2) is 0 Å². The molecule has 1 saturated heterocycles. The average Bonchev–Trinajstić information content (AvgIpc) is 2.59. The Labute approximate surface area is 143 Å². The van der Waals surface area contributed by atoms with E-state index in [-0.39, 0.29) is 5.82 Å². The van der Waals surface area contributed by atoms with Gasteiger partial charge < -0.3 is 10.6 Å². The van der Waals surface area contributed by atoms with Gasteiger partial charge in [-0.15, -0.1) is 0 Å². The maximum absolute atomic E-state index is 14.2. The zero-order valence-electron chi connectivity index (χ0n) is 14.5. The molecule has 0 spiro atoms. The summed E-state index contributed by atoms with van der Waals surface area (Å²) < 4.78 is 14.2. The van der Waals surface area contributed by atoms with Crippen LogP contribution >= 0.6 is 0 Å². The summed E-state index contributed by atoms with van der Waals surface area (Å²) in [5.74, 6) is -0.197. The van der Waals surface area contributed by atoms with E-state index < -0.39 is 0 Å². The normalized spacial score (nSPS) is 19.6. The minimum absolute atomic E-state index is 0.197. The monoisotopic (exact) mass is 327 g/mol. The van der Waals surface area contributed by atoms with E-state index in [4.69, 9.17) is 5.73 Å². The molecule has 2 aromatic carbocycles. The lowest BCUT2D eigenvalue weighted by atomic mass is 10.00. The van der Waals surface area contributed by atoms with Gasteiger partial charge in [-0.25, -0.2) is 4.39 Å². The molecule has 1 aliphatic heterocycles. The highest BCUT2D eigenvalue weighted by molar-refractivity contribution is 5.65. The Morgan fingerprint density at radius 3 is 2.71 bits per heavy atom. The van der Waals surface area contributed by atoms with E-state index in [0.29, 0.717) is 18.2 Å². The minimum Gasteiger partial charge on any atom is -0.326 e. The van der Waals surface area contributed by atoms with Crippen molar-refractivity contribution in [3.63, 3.8) is 0 Å². The number of benzene rings is 2. The van der Waals surface area contributed by atoms with E-state index >= 15 is 0 Å². The average molecular weight is 327 g/mol. The maximum atomic E-state index is 14.2. The van der Waals surface area contributed by atoms with E-state index in [1.807, 2.05) is 18.2 Å². The Balaban J connectivity index is 1.80. The van der Waals surface area contributed by atoms with Crippen molar-refractivity contribution in [3.8, 4) is 11.1 Å². The van der Waals surface area contributed by atoms with Gasteiger partial charge in [0.05, 0.1) is 0 Å². The lowest BCUT2D eigenvalue weighted by Crippen LogP contribution is -2.49. The number of rotatable bonds is 4. The highest BCUT2D eigenvalue weighted by Crippen LogP contribution is 2.25. The number of likely N-dealkylation sites (N-methyl/N-ethyl adjacent to an activating group) is 1. The molecule has 0 saturated carbocycles. The molecule has 1 heterocycles. The molecule has 0 bridgehead atoms. The quantitative estimate of drug-likeness (QED) is 0.937. The number of hydrogen-bond acceptors (Lipinski definition) is 3. The molecule has 24 heavy (non-hydrogen) atoms. The highest BCUT2D eigenvalue weighted by Gasteiger charge is 2.20. The van der Waals surface area contributed by atoms with Crippen molar-refractivity contribution in [3.05, 3.63) is 59.4 Å². The zero-order chi connectivity index (χ0) is 17.1. The molecule has 1 fully saturated rings. The van der Waals surface area contributed by atoms with Gasteiger partial charge in [-0.1, -0.05) is 24.3 Å². The maximum Gasteiger partial charge on any atom is 0.131 e. The Kier molecular flexibility index (Phi) is 5.29. The van der Waals surface area contributed by atoms with Crippen LogP contribution in [0.15, 0.2) is 42.5 Å². The molecule has 2 N–H and O–H groups in total. The largest absolute Gasteiger partial charge is 0.326 e. The SMILES string of the molecule is CC1CN(Cc2cccc(-c3cc(CN)ccc3F)c2)CCN1C. The second kappa shape index (κ2) is 7.43. The van der Waals surface area contributed by atoms with Crippen molar-refractivity contribution in [1.29, 1.82) is 0 Å². The molecule has 128 valence electrons. The molecule has 0 amide bonds. The lowest BCUT2D eigenvalue weighted by molar-refractivity contribution is 0.1000. The molecule has 0 aliphatic carbocycles. The predicted octanol–water partition coefficient (Wildman–Crippen LogP) is 3.09. The highest BCUT2D eigenvalue weighted by atomic mass is 19.1. The summed E-state index contributed by atoms with van der Waals surface area (Å²) in [6, 6.07) is 13.9. The Morgan fingerprint density at radius 1 is 1.12 bits per heavy atom. The second-order valence-electron chi connectivity index (χ2n) is 6.78. The molecular formula is C20H26FN3. The van der Waals surface area contributed by atoms with Crippen molar-refractivity contribution >= 4 is 0 Å². The Bertz CT molecular complexity index is 701. The number of halogens is 1. The van der Waals surface area contributed by atoms with Gasteiger partial charge >= 0.3 is 0 Å². The third-order valence-electron chi connectivity index (χ3n) is 4.95. The fourth-order valence-electron chi connectivity index (χ4n) is 3.28. The van der Waals surface area contributed by atoms with Gasteiger partial charge in [-0.05, 0) is 48.9 Å². The molecule has 1 atom stereocenters. The van der Waals surface area contributed by atoms with Crippen LogP contribution in [0.1, 0.15) is 18.1 Å². The summed E-state index contributed by atoms with van der Waals surface area (Å²) in [6.07, 6.45) is 0. The third kappa shape index (κ3) is 3.83. The van der Waals surface area contributed by atoms with Crippen LogP contribution < -0.4 is 5.73 Å². The zero-order valence-corrected chi connectivity index (χ0v) is 14.5. The van der Waals surface area contributed by atoms with E-state index in [2.05, 4.69) is 35.9 Å². The summed E-state index contributed by atoms with van der Waals surface area (Å²) in [4.78, 5) is 4.86. The fraction of sp³-hybridized carbons (Fsp3) is 0.400. The van der Waals surface area contributed by atoms with Crippen molar-refractivity contribution in [2.75, 3.05) is 26.7 Å². The number of hydrogen-bond donors (Lipinski definition) is 1. The van der Waals surface area contributed by atoms with Crippen molar-refractivity contribution in [2.24, 2.45) is 5.73 Å². The van der Waals surface area contributed by atoms with Gasteiger partial charge in [-0.2, -0.15) is 0 Å². The molecular weight excluding hydrogens is 301 g/mol. The lowest BCUT2D eigenvalue weighted by Gasteiger charge is -2.37. The van der Waals surface area contributed by atoms with E-state index in [0.717, 1.165) is 37.3 Å². The van der Waals surface area contributed by atoms with Crippen molar-refractivity contribution in [2.45, 2.75) is 26.1 Å². The Hall–Kier alpha value is -1.75. The van der Waals surface area contributed by atoms with E-state index in [1.54, 1.807) is 6.07 Å². The first-order chi connectivity index (χ1) is 11.6. The summed E-state index contributed by atoms with van der Waals surface area (Å²) >= 11 is 0. The van der Waals surface area contributed by atoms with Gasteiger partial charge in [0.1, 0.15) is 5.82 Å². The van der Waals surface area contributed by atoms with Crippen LogP contribution in [0, 0.1) is 5.82 Å². The predicted molar refractivity (Wildman–Crippen MR) is 97.1 cm³/mol. The van der Waals surface area contributed by atoms with E-state index in [1.165, 1.54) is 11.6 Å². The first-order valence-corrected chi connectivity index (χ1v) is 8.57. The number of piperazine rings is 1. The Morgan fingerprint density at radius 2 is 1.96 bits per heavy atom. The second-order valence-corrected chi connectivity index (χ2v) is 6.78. The minimum atomic E-state index is -0.197. The molecule has 4 heteroatoms. The van der Waals surface area contributed by atoms with Crippen LogP contribution in [0.25, 0.3) is 11.1 Å². The van der Waals surface area contributed by atoms with Crippen LogP contribution in [0.4, 0.5) is 4.39 Å². The molecule has 2 aromatic rings. The van der Waals surface area contributed by atoms with Crippen LogP contribution in [0.3, 0.4) is 0 Å². The number of nitrogens with two attached hydrogens (primary N) is 1.